The maximum absolute atomic E-state index is 11.8. The van der Waals surface area contributed by atoms with Crippen LogP contribution in [0.5, 0.6) is 0 Å². The molecule has 134 valence electrons. The zero-order valence-corrected chi connectivity index (χ0v) is 16.0. The number of carbonyl (C=O) groups excluding carboxylic acids is 1. The van der Waals surface area contributed by atoms with Crippen molar-refractivity contribution >= 4 is 5.97 Å². The second kappa shape index (κ2) is 5.11. The van der Waals surface area contributed by atoms with E-state index in [0.29, 0.717) is 28.1 Å². The van der Waals surface area contributed by atoms with Crippen molar-refractivity contribution in [1.82, 2.24) is 0 Å². The Morgan fingerprint density at radius 1 is 1.21 bits per heavy atom. The van der Waals surface area contributed by atoms with Gasteiger partial charge in [-0.3, -0.25) is 4.79 Å². The molecule has 2 nitrogen and oxygen atoms in total. The molecule has 2 bridgehead atoms. The molecule has 0 radical (unpaired) electrons. The van der Waals surface area contributed by atoms with Gasteiger partial charge in [0.2, 0.25) is 0 Å². The highest BCUT2D eigenvalue weighted by atomic mass is 16.5. The van der Waals surface area contributed by atoms with E-state index in [2.05, 4.69) is 27.4 Å². The van der Waals surface area contributed by atoms with E-state index in [9.17, 15) is 4.79 Å². The Morgan fingerprint density at radius 3 is 2.67 bits per heavy atom. The number of allylic oxidation sites excluding steroid dienone is 1. The number of esters is 1. The summed E-state index contributed by atoms with van der Waals surface area (Å²) >= 11 is 0. The molecule has 0 aromatic rings. The molecule has 1 spiro atoms. The highest BCUT2D eigenvalue weighted by Gasteiger charge is 2.66. The van der Waals surface area contributed by atoms with Gasteiger partial charge < -0.3 is 4.74 Å². The van der Waals surface area contributed by atoms with Crippen LogP contribution in [0.25, 0.3) is 0 Å². The van der Waals surface area contributed by atoms with Gasteiger partial charge in [-0.25, -0.2) is 0 Å². The summed E-state index contributed by atoms with van der Waals surface area (Å²) in [5.74, 6) is 1.78. The molecule has 2 heteroatoms. The molecule has 24 heavy (non-hydrogen) atoms. The highest BCUT2D eigenvalue weighted by molar-refractivity contribution is 5.66. The second-order valence-corrected chi connectivity index (χ2v) is 10.4. The summed E-state index contributed by atoms with van der Waals surface area (Å²) in [4.78, 5) is 11.8. The molecular formula is C22H34O2. The van der Waals surface area contributed by atoms with Gasteiger partial charge in [0, 0.05) is 12.8 Å². The second-order valence-electron chi connectivity index (χ2n) is 10.4. The summed E-state index contributed by atoms with van der Waals surface area (Å²) in [6.07, 6.45) is 10.3. The van der Waals surface area contributed by atoms with E-state index in [0.717, 1.165) is 12.3 Å². The lowest BCUT2D eigenvalue weighted by Gasteiger charge is -2.65. The average Bonchev–Trinajstić information content (AvgIpc) is 2.67. The van der Waals surface area contributed by atoms with Gasteiger partial charge in [-0.1, -0.05) is 39.3 Å². The van der Waals surface area contributed by atoms with Crippen LogP contribution in [-0.2, 0) is 9.53 Å². The third-order valence-electron chi connectivity index (χ3n) is 8.59. The Balaban J connectivity index is 1.78. The topological polar surface area (TPSA) is 26.3 Å². The maximum Gasteiger partial charge on any atom is 0.302 e. The van der Waals surface area contributed by atoms with Crippen LogP contribution in [0.15, 0.2) is 12.2 Å². The van der Waals surface area contributed by atoms with Crippen LogP contribution in [0, 0.1) is 34.0 Å². The quantitative estimate of drug-likeness (QED) is 0.467. The Morgan fingerprint density at radius 2 is 1.96 bits per heavy atom. The van der Waals surface area contributed by atoms with Crippen LogP contribution >= 0.6 is 0 Å². The molecule has 4 saturated carbocycles. The van der Waals surface area contributed by atoms with Gasteiger partial charge >= 0.3 is 5.97 Å². The number of fused-ring (bicyclic) bond motifs is 3. The smallest absolute Gasteiger partial charge is 0.302 e. The average molecular weight is 331 g/mol. The van der Waals surface area contributed by atoms with Gasteiger partial charge in [-0.15, -0.1) is 0 Å². The number of ether oxygens (including phenoxy) is 1. The molecule has 0 N–H and O–H groups in total. The van der Waals surface area contributed by atoms with Gasteiger partial charge in [-0.05, 0) is 73.0 Å². The van der Waals surface area contributed by atoms with E-state index in [-0.39, 0.29) is 12.1 Å². The van der Waals surface area contributed by atoms with Crippen molar-refractivity contribution in [1.29, 1.82) is 0 Å². The lowest BCUT2D eigenvalue weighted by molar-refractivity contribution is -0.200. The molecule has 0 aromatic heterocycles. The van der Waals surface area contributed by atoms with Crippen molar-refractivity contribution < 1.29 is 9.53 Å². The van der Waals surface area contributed by atoms with Crippen molar-refractivity contribution in [3.05, 3.63) is 12.2 Å². The fourth-order valence-electron chi connectivity index (χ4n) is 8.09. The van der Waals surface area contributed by atoms with Crippen molar-refractivity contribution in [3.63, 3.8) is 0 Å². The Kier molecular flexibility index (Phi) is 3.55. The maximum atomic E-state index is 11.8. The standard InChI is InChI=1S/C22H34O2/c1-14-12-22-10-7-18-20(3,4)8-6-9-21(18,5)19(22)17(24-15(2)23)11-16(14)13-22/h16-19H,1,6-13H2,2-5H3. The minimum absolute atomic E-state index is 0.0946. The SMILES string of the molecule is C=C1CC23CCC4C(C)(C)CCCC4(C)C2C(OC(C)=O)CC1C3. The van der Waals surface area contributed by atoms with Crippen LogP contribution in [0.4, 0.5) is 0 Å². The van der Waals surface area contributed by atoms with E-state index < -0.39 is 0 Å². The molecular weight excluding hydrogens is 296 g/mol. The molecule has 0 saturated heterocycles. The zero-order valence-electron chi connectivity index (χ0n) is 16.0. The predicted octanol–water partition coefficient (Wildman–Crippen LogP) is 5.52. The lowest BCUT2D eigenvalue weighted by atomic mass is 9.40. The van der Waals surface area contributed by atoms with E-state index in [4.69, 9.17) is 4.74 Å². The summed E-state index contributed by atoms with van der Waals surface area (Å²) in [5, 5.41) is 0. The summed E-state index contributed by atoms with van der Waals surface area (Å²) in [7, 11) is 0. The van der Waals surface area contributed by atoms with Crippen LogP contribution in [0.1, 0.15) is 79.1 Å². The van der Waals surface area contributed by atoms with Gasteiger partial charge in [0.25, 0.3) is 0 Å². The summed E-state index contributed by atoms with van der Waals surface area (Å²) < 4.78 is 5.99. The van der Waals surface area contributed by atoms with Crippen LogP contribution in [0.3, 0.4) is 0 Å². The first-order chi connectivity index (χ1) is 11.2. The first-order valence-corrected chi connectivity index (χ1v) is 10.0. The van der Waals surface area contributed by atoms with Gasteiger partial charge in [0.05, 0.1) is 0 Å². The fraction of sp³-hybridized carbons (Fsp3) is 0.864. The molecule has 0 aromatic carbocycles. The van der Waals surface area contributed by atoms with E-state index in [1.807, 2.05) is 0 Å². The van der Waals surface area contributed by atoms with Crippen LogP contribution in [-0.4, -0.2) is 12.1 Å². The Hall–Kier alpha value is -0.790. The number of rotatable bonds is 1. The molecule has 4 fully saturated rings. The summed E-state index contributed by atoms with van der Waals surface area (Å²) in [5.41, 5.74) is 2.53. The van der Waals surface area contributed by atoms with Crippen LogP contribution in [0.2, 0.25) is 0 Å². The molecule has 0 aliphatic heterocycles. The lowest BCUT2D eigenvalue weighted by Crippen LogP contribution is -2.60. The predicted molar refractivity (Wildman–Crippen MR) is 96.4 cm³/mol. The van der Waals surface area contributed by atoms with Crippen LogP contribution < -0.4 is 0 Å². The zero-order chi connectivity index (χ0) is 17.3. The third kappa shape index (κ3) is 2.17. The van der Waals surface area contributed by atoms with E-state index in [1.54, 1.807) is 6.92 Å². The number of carbonyl (C=O) groups is 1. The number of hydrogen-bond donors (Lipinski definition) is 0. The Labute approximate surface area is 147 Å². The molecule has 0 heterocycles. The monoisotopic (exact) mass is 330 g/mol. The fourth-order valence-corrected chi connectivity index (χ4v) is 8.09. The first-order valence-electron chi connectivity index (χ1n) is 10.0. The first kappa shape index (κ1) is 16.7. The molecule has 4 aliphatic rings. The Bertz CT molecular complexity index is 577. The normalized spacial score (nSPS) is 49.2. The van der Waals surface area contributed by atoms with Gasteiger partial charge in [0.1, 0.15) is 6.10 Å². The largest absolute Gasteiger partial charge is 0.462 e. The van der Waals surface area contributed by atoms with Crippen molar-refractivity contribution in [3.8, 4) is 0 Å². The van der Waals surface area contributed by atoms with Gasteiger partial charge in [-0.2, -0.15) is 0 Å². The van der Waals surface area contributed by atoms with Crippen molar-refractivity contribution in [2.75, 3.05) is 0 Å². The van der Waals surface area contributed by atoms with E-state index in [1.165, 1.54) is 50.5 Å². The molecule has 0 amide bonds. The summed E-state index contributed by atoms with van der Waals surface area (Å²) in [6.45, 7) is 13.5. The molecule has 6 atom stereocenters. The molecule has 4 aliphatic carbocycles. The molecule has 6 unspecified atom stereocenters. The van der Waals surface area contributed by atoms with Gasteiger partial charge in [0.15, 0.2) is 0 Å². The number of hydrogen-bond acceptors (Lipinski definition) is 2. The minimum atomic E-state index is -0.0946. The van der Waals surface area contributed by atoms with Crippen molar-refractivity contribution in [2.24, 2.45) is 34.0 Å². The van der Waals surface area contributed by atoms with Crippen molar-refractivity contribution in [2.45, 2.75) is 85.2 Å². The summed E-state index contributed by atoms with van der Waals surface area (Å²) in [6, 6.07) is 0. The minimum Gasteiger partial charge on any atom is -0.462 e. The third-order valence-corrected chi connectivity index (χ3v) is 8.59. The van der Waals surface area contributed by atoms with E-state index >= 15 is 0 Å². The highest BCUT2D eigenvalue weighted by Crippen LogP contribution is 2.72. The molecule has 4 rings (SSSR count).